The summed E-state index contributed by atoms with van der Waals surface area (Å²) >= 11 is 0. The zero-order valence-corrected chi connectivity index (χ0v) is 8.96. The van der Waals surface area contributed by atoms with E-state index in [2.05, 4.69) is 55.0 Å². The van der Waals surface area contributed by atoms with Gasteiger partial charge in [0.25, 0.3) is 0 Å². The van der Waals surface area contributed by atoms with E-state index in [1.54, 1.807) is 0 Å². The summed E-state index contributed by atoms with van der Waals surface area (Å²) in [4.78, 5) is 0. The molecule has 2 heteroatoms. The first kappa shape index (κ1) is 9.13. The van der Waals surface area contributed by atoms with Gasteiger partial charge in [0.1, 0.15) is 5.82 Å². The van der Waals surface area contributed by atoms with Crippen LogP contribution in [-0.4, -0.2) is 11.1 Å². The molecule has 74 valence electrons. The SMILES string of the molecule is CCNc1c(C)c2ccccc2n1C. The molecule has 2 nitrogen and oxygen atoms in total. The minimum Gasteiger partial charge on any atom is -0.372 e. The van der Waals surface area contributed by atoms with Crippen molar-refractivity contribution < 1.29 is 0 Å². The van der Waals surface area contributed by atoms with Crippen molar-refractivity contribution in [3.63, 3.8) is 0 Å². The Bertz CT molecular complexity index is 416. The van der Waals surface area contributed by atoms with Crippen molar-refractivity contribution in [2.75, 3.05) is 11.9 Å². The summed E-state index contributed by atoms with van der Waals surface area (Å²) < 4.78 is 2.22. The third-order valence-electron chi connectivity index (χ3n) is 2.70. The fourth-order valence-electron chi connectivity index (χ4n) is 2.00. The third kappa shape index (κ3) is 1.18. The summed E-state index contributed by atoms with van der Waals surface area (Å²) in [6.07, 6.45) is 0. The van der Waals surface area contributed by atoms with Crippen LogP contribution in [0.1, 0.15) is 12.5 Å². The van der Waals surface area contributed by atoms with E-state index in [9.17, 15) is 0 Å². The molecule has 0 saturated heterocycles. The lowest BCUT2D eigenvalue weighted by atomic mass is 10.2. The summed E-state index contributed by atoms with van der Waals surface area (Å²) in [5, 5.41) is 4.74. The molecule has 0 spiro atoms. The summed E-state index contributed by atoms with van der Waals surface area (Å²) in [6.45, 7) is 5.25. The van der Waals surface area contributed by atoms with Crippen LogP contribution in [0.5, 0.6) is 0 Å². The Morgan fingerprint density at radius 1 is 1.29 bits per heavy atom. The maximum absolute atomic E-state index is 3.40. The normalized spacial score (nSPS) is 10.8. The number of hydrogen-bond acceptors (Lipinski definition) is 1. The monoisotopic (exact) mass is 188 g/mol. The number of hydrogen-bond donors (Lipinski definition) is 1. The average Bonchev–Trinajstić information content (AvgIpc) is 2.45. The topological polar surface area (TPSA) is 17.0 Å². The fraction of sp³-hybridized carbons (Fsp3) is 0.333. The Kier molecular flexibility index (Phi) is 2.20. The number of para-hydroxylation sites is 1. The Labute approximate surface area is 84.5 Å². The second-order valence-corrected chi connectivity index (χ2v) is 3.58. The van der Waals surface area contributed by atoms with Crippen LogP contribution >= 0.6 is 0 Å². The molecule has 0 saturated carbocycles. The van der Waals surface area contributed by atoms with Gasteiger partial charge in [-0.3, -0.25) is 0 Å². The molecule has 1 aromatic carbocycles. The van der Waals surface area contributed by atoms with Crippen LogP contribution < -0.4 is 5.32 Å². The first-order valence-electron chi connectivity index (χ1n) is 5.03. The molecule has 14 heavy (non-hydrogen) atoms. The lowest BCUT2D eigenvalue weighted by Gasteiger charge is -2.06. The van der Waals surface area contributed by atoms with Gasteiger partial charge in [0, 0.05) is 24.5 Å². The molecule has 0 aliphatic rings. The van der Waals surface area contributed by atoms with E-state index in [1.165, 1.54) is 22.3 Å². The number of aryl methyl sites for hydroxylation is 2. The highest BCUT2D eigenvalue weighted by Crippen LogP contribution is 2.27. The van der Waals surface area contributed by atoms with Crippen molar-refractivity contribution in [3.8, 4) is 0 Å². The Morgan fingerprint density at radius 2 is 2.00 bits per heavy atom. The second kappa shape index (κ2) is 3.37. The number of aromatic nitrogens is 1. The molecule has 1 aromatic heterocycles. The molecule has 2 aromatic rings. The van der Waals surface area contributed by atoms with Gasteiger partial charge in [0.2, 0.25) is 0 Å². The molecule has 1 N–H and O–H groups in total. The molecule has 0 amide bonds. The van der Waals surface area contributed by atoms with E-state index < -0.39 is 0 Å². The number of fused-ring (bicyclic) bond motifs is 1. The number of benzene rings is 1. The van der Waals surface area contributed by atoms with Crippen LogP contribution in [0.3, 0.4) is 0 Å². The standard InChI is InChI=1S/C12H16N2/c1-4-13-12-9(2)10-7-5-6-8-11(10)14(12)3/h5-8,13H,4H2,1-3H3. The molecule has 0 atom stereocenters. The molecule has 0 fully saturated rings. The minimum atomic E-state index is 0.963. The highest BCUT2D eigenvalue weighted by Gasteiger charge is 2.09. The highest BCUT2D eigenvalue weighted by atomic mass is 15.1. The van der Waals surface area contributed by atoms with Gasteiger partial charge in [-0.25, -0.2) is 0 Å². The largest absolute Gasteiger partial charge is 0.372 e. The highest BCUT2D eigenvalue weighted by molar-refractivity contribution is 5.89. The molecule has 2 rings (SSSR count). The Balaban J connectivity index is 2.72. The molecule has 0 aliphatic carbocycles. The number of nitrogens with one attached hydrogen (secondary N) is 1. The van der Waals surface area contributed by atoms with E-state index in [-0.39, 0.29) is 0 Å². The van der Waals surface area contributed by atoms with Gasteiger partial charge in [-0.2, -0.15) is 0 Å². The Hall–Kier alpha value is -1.44. The van der Waals surface area contributed by atoms with Gasteiger partial charge < -0.3 is 9.88 Å². The first-order valence-corrected chi connectivity index (χ1v) is 5.03. The summed E-state index contributed by atoms with van der Waals surface area (Å²) in [5.41, 5.74) is 2.63. The predicted molar refractivity (Wildman–Crippen MR) is 61.8 cm³/mol. The maximum Gasteiger partial charge on any atom is 0.109 e. The third-order valence-corrected chi connectivity index (χ3v) is 2.70. The van der Waals surface area contributed by atoms with Crippen molar-refractivity contribution in [3.05, 3.63) is 29.8 Å². The van der Waals surface area contributed by atoms with E-state index >= 15 is 0 Å². The Morgan fingerprint density at radius 3 is 2.64 bits per heavy atom. The van der Waals surface area contributed by atoms with Gasteiger partial charge >= 0.3 is 0 Å². The van der Waals surface area contributed by atoms with Crippen LogP contribution in [0.15, 0.2) is 24.3 Å². The van der Waals surface area contributed by atoms with Gasteiger partial charge in [-0.1, -0.05) is 18.2 Å². The molecule has 0 aliphatic heterocycles. The lowest BCUT2D eigenvalue weighted by molar-refractivity contribution is 0.952. The summed E-state index contributed by atoms with van der Waals surface area (Å²) in [7, 11) is 2.10. The first-order chi connectivity index (χ1) is 6.75. The summed E-state index contributed by atoms with van der Waals surface area (Å²) in [6, 6.07) is 8.50. The van der Waals surface area contributed by atoms with Crippen molar-refractivity contribution in [2.24, 2.45) is 7.05 Å². The molecular weight excluding hydrogens is 172 g/mol. The smallest absolute Gasteiger partial charge is 0.109 e. The van der Waals surface area contributed by atoms with Gasteiger partial charge in [0.15, 0.2) is 0 Å². The van der Waals surface area contributed by atoms with Crippen LogP contribution in [0.2, 0.25) is 0 Å². The summed E-state index contributed by atoms with van der Waals surface area (Å²) in [5.74, 6) is 1.23. The zero-order chi connectivity index (χ0) is 10.1. The molecule has 0 radical (unpaired) electrons. The van der Waals surface area contributed by atoms with E-state index in [0.717, 1.165) is 6.54 Å². The van der Waals surface area contributed by atoms with E-state index in [1.807, 2.05) is 0 Å². The van der Waals surface area contributed by atoms with Crippen molar-refractivity contribution in [1.29, 1.82) is 0 Å². The van der Waals surface area contributed by atoms with Crippen LogP contribution in [0.25, 0.3) is 10.9 Å². The van der Waals surface area contributed by atoms with Gasteiger partial charge in [0.05, 0.1) is 0 Å². The molecule has 1 heterocycles. The number of nitrogens with zero attached hydrogens (tertiary/aromatic N) is 1. The van der Waals surface area contributed by atoms with E-state index in [4.69, 9.17) is 0 Å². The van der Waals surface area contributed by atoms with Gasteiger partial charge in [-0.15, -0.1) is 0 Å². The zero-order valence-electron chi connectivity index (χ0n) is 8.96. The number of anilines is 1. The van der Waals surface area contributed by atoms with Gasteiger partial charge in [-0.05, 0) is 25.5 Å². The lowest BCUT2D eigenvalue weighted by Crippen LogP contribution is -2.03. The van der Waals surface area contributed by atoms with Crippen molar-refractivity contribution in [2.45, 2.75) is 13.8 Å². The van der Waals surface area contributed by atoms with Crippen molar-refractivity contribution >= 4 is 16.7 Å². The fourth-order valence-corrected chi connectivity index (χ4v) is 2.00. The average molecular weight is 188 g/mol. The predicted octanol–water partition coefficient (Wildman–Crippen LogP) is 2.92. The van der Waals surface area contributed by atoms with Crippen molar-refractivity contribution in [1.82, 2.24) is 4.57 Å². The quantitative estimate of drug-likeness (QED) is 0.766. The number of rotatable bonds is 2. The minimum absolute atomic E-state index is 0.963. The maximum atomic E-state index is 3.40. The second-order valence-electron chi connectivity index (χ2n) is 3.58. The van der Waals surface area contributed by atoms with Crippen LogP contribution in [-0.2, 0) is 7.05 Å². The van der Waals surface area contributed by atoms with Crippen LogP contribution in [0.4, 0.5) is 5.82 Å². The molecular formula is C12H16N2. The molecule has 0 bridgehead atoms. The van der Waals surface area contributed by atoms with Crippen LogP contribution in [0, 0.1) is 6.92 Å². The molecule has 0 unspecified atom stereocenters. The van der Waals surface area contributed by atoms with E-state index in [0.29, 0.717) is 0 Å².